The van der Waals surface area contributed by atoms with Gasteiger partial charge in [-0.2, -0.15) is 0 Å². The van der Waals surface area contributed by atoms with Crippen molar-refractivity contribution in [2.24, 2.45) is 0 Å². The Hall–Kier alpha value is -4.93. The normalized spacial score (nSPS) is 11.5. The molecular formula is C31H21N3O3S. The summed E-state index contributed by atoms with van der Waals surface area (Å²) in [6.07, 6.45) is 1.69. The van der Waals surface area contributed by atoms with E-state index in [1.807, 2.05) is 66.7 Å². The van der Waals surface area contributed by atoms with Gasteiger partial charge in [0.1, 0.15) is 5.75 Å². The highest BCUT2D eigenvalue weighted by Crippen LogP contribution is 2.47. The average Bonchev–Trinajstić information content (AvgIpc) is 3.33. The van der Waals surface area contributed by atoms with Crippen molar-refractivity contribution in [3.8, 4) is 28.1 Å². The molecule has 0 aliphatic carbocycles. The van der Waals surface area contributed by atoms with Gasteiger partial charge in [0.2, 0.25) is 5.69 Å². The van der Waals surface area contributed by atoms with Crippen molar-refractivity contribution in [2.45, 2.75) is 4.90 Å². The predicted octanol–water partition coefficient (Wildman–Crippen LogP) is 7.32. The summed E-state index contributed by atoms with van der Waals surface area (Å²) < 4.78 is 35.2. The standard InChI is InChI=1S/C31H21N3O3S/c1-32-30-24-12-8-20-33-27(24)19-18-26(30)29-25-11-6-7-13-28(25)34(31(29)21-9-4-3-5-10-21)38(35,36)23-16-14-22(37-2)15-17-23/h3-20H,2H3. The zero-order valence-electron chi connectivity index (χ0n) is 20.4. The van der Waals surface area contributed by atoms with Gasteiger partial charge in [0.25, 0.3) is 10.0 Å². The number of benzene rings is 4. The monoisotopic (exact) mass is 515 g/mol. The molecule has 6 nitrogen and oxygen atoms in total. The number of fused-ring (bicyclic) bond motifs is 2. The molecule has 0 bridgehead atoms. The van der Waals surface area contributed by atoms with E-state index in [0.717, 1.165) is 10.9 Å². The van der Waals surface area contributed by atoms with Crippen LogP contribution in [0.4, 0.5) is 5.69 Å². The minimum absolute atomic E-state index is 0.135. The van der Waals surface area contributed by atoms with Crippen LogP contribution in [-0.2, 0) is 10.0 Å². The van der Waals surface area contributed by atoms with Gasteiger partial charge in [0, 0.05) is 22.5 Å². The van der Waals surface area contributed by atoms with E-state index in [-0.39, 0.29) is 4.90 Å². The predicted molar refractivity (Wildman–Crippen MR) is 150 cm³/mol. The largest absolute Gasteiger partial charge is 0.497 e. The van der Waals surface area contributed by atoms with E-state index in [0.29, 0.717) is 44.7 Å². The Balaban J connectivity index is 1.78. The molecule has 0 aliphatic rings. The highest BCUT2D eigenvalue weighted by Gasteiger charge is 2.29. The highest BCUT2D eigenvalue weighted by atomic mass is 32.2. The third-order valence-electron chi connectivity index (χ3n) is 6.61. The molecule has 0 N–H and O–H groups in total. The maximum Gasteiger partial charge on any atom is 0.268 e. The van der Waals surface area contributed by atoms with Crippen molar-refractivity contribution in [3.63, 3.8) is 0 Å². The molecule has 0 spiro atoms. The third-order valence-corrected chi connectivity index (χ3v) is 8.34. The Bertz CT molecular complexity index is 1970. The van der Waals surface area contributed by atoms with Crippen LogP contribution < -0.4 is 4.74 Å². The molecule has 0 saturated heterocycles. The van der Waals surface area contributed by atoms with Crippen LogP contribution in [0.2, 0.25) is 0 Å². The van der Waals surface area contributed by atoms with Crippen LogP contribution in [0.5, 0.6) is 5.75 Å². The van der Waals surface area contributed by atoms with Crippen LogP contribution in [-0.4, -0.2) is 24.5 Å². The molecule has 6 aromatic rings. The lowest BCUT2D eigenvalue weighted by molar-refractivity contribution is 0.414. The smallest absolute Gasteiger partial charge is 0.268 e. The van der Waals surface area contributed by atoms with Crippen molar-refractivity contribution in [3.05, 3.63) is 121 Å². The first-order chi connectivity index (χ1) is 18.5. The number of hydrogen-bond donors (Lipinski definition) is 0. The van der Waals surface area contributed by atoms with Gasteiger partial charge in [-0.3, -0.25) is 4.98 Å². The Morgan fingerprint density at radius 2 is 1.53 bits per heavy atom. The van der Waals surface area contributed by atoms with Crippen LogP contribution in [0.1, 0.15) is 0 Å². The topological polar surface area (TPSA) is 65.5 Å². The Kier molecular flexibility index (Phi) is 5.67. The molecule has 0 radical (unpaired) electrons. The SMILES string of the molecule is [C-]#[N+]c1c(-c2c(-c3ccccc3)n(S(=O)(=O)c3ccc(OC)cc3)c3ccccc23)ccc2ncccc12. The van der Waals surface area contributed by atoms with E-state index in [1.54, 1.807) is 42.6 Å². The number of nitrogens with zero attached hydrogens (tertiary/aromatic N) is 3. The second kappa shape index (κ2) is 9.18. The summed E-state index contributed by atoms with van der Waals surface area (Å²) in [6.45, 7) is 8.06. The van der Waals surface area contributed by atoms with E-state index in [2.05, 4.69) is 9.83 Å². The fourth-order valence-corrected chi connectivity index (χ4v) is 6.45. The lowest BCUT2D eigenvalue weighted by Gasteiger charge is -2.15. The van der Waals surface area contributed by atoms with Crippen molar-refractivity contribution < 1.29 is 13.2 Å². The van der Waals surface area contributed by atoms with Crippen LogP contribution in [0, 0.1) is 6.57 Å². The lowest BCUT2D eigenvalue weighted by Crippen LogP contribution is -2.14. The van der Waals surface area contributed by atoms with Crippen molar-refractivity contribution in [1.29, 1.82) is 0 Å². The van der Waals surface area contributed by atoms with Crippen molar-refractivity contribution in [2.75, 3.05) is 7.11 Å². The van der Waals surface area contributed by atoms with E-state index in [1.165, 1.54) is 11.1 Å². The Morgan fingerprint density at radius 3 is 2.26 bits per heavy atom. The first-order valence-electron chi connectivity index (χ1n) is 11.9. The van der Waals surface area contributed by atoms with Gasteiger partial charge < -0.3 is 4.74 Å². The molecule has 7 heteroatoms. The number of hydrogen-bond acceptors (Lipinski definition) is 4. The number of methoxy groups -OCH3 is 1. The first-order valence-corrected chi connectivity index (χ1v) is 13.3. The molecule has 0 aliphatic heterocycles. The Labute approximate surface area is 220 Å². The maximum atomic E-state index is 14.3. The van der Waals surface area contributed by atoms with E-state index in [9.17, 15) is 8.42 Å². The minimum atomic E-state index is -4.05. The van der Waals surface area contributed by atoms with Gasteiger partial charge in [0.05, 0.1) is 35.3 Å². The molecule has 184 valence electrons. The van der Waals surface area contributed by atoms with Crippen molar-refractivity contribution in [1.82, 2.24) is 8.96 Å². The fraction of sp³-hybridized carbons (Fsp3) is 0.0323. The number of rotatable bonds is 5. The van der Waals surface area contributed by atoms with Gasteiger partial charge >= 0.3 is 0 Å². The fourth-order valence-electron chi connectivity index (χ4n) is 4.90. The molecular weight excluding hydrogens is 494 g/mol. The number of pyridine rings is 1. The minimum Gasteiger partial charge on any atom is -0.497 e. The molecule has 2 aromatic heterocycles. The van der Waals surface area contributed by atoms with Gasteiger partial charge in [-0.25, -0.2) is 17.2 Å². The molecule has 2 heterocycles. The van der Waals surface area contributed by atoms with Crippen LogP contribution >= 0.6 is 0 Å². The number of aromatic nitrogens is 2. The molecule has 38 heavy (non-hydrogen) atoms. The summed E-state index contributed by atoms with van der Waals surface area (Å²) in [5, 5.41) is 1.45. The quantitative estimate of drug-likeness (QED) is 0.226. The van der Waals surface area contributed by atoms with Gasteiger partial charge in [-0.1, -0.05) is 60.7 Å². The lowest BCUT2D eigenvalue weighted by atomic mass is 9.95. The molecule has 0 atom stereocenters. The molecule has 0 saturated carbocycles. The van der Waals surface area contributed by atoms with E-state index < -0.39 is 10.0 Å². The first kappa shape index (κ1) is 23.5. The molecule has 0 fully saturated rings. The summed E-state index contributed by atoms with van der Waals surface area (Å²) in [4.78, 5) is 8.45. The highest BCUT2D eigenvalue weighted by molar-refractivity contribution is 7.90. The summed E-state index contributed by atoms with van der Waals surface area (Å²) in [7, 11) is -2.51. The molecule has 6 rings (SSSR count). The summed E-state index contributed by atoms with van der Waals surface area (Å²) >= 11 is 0. The summed E-state index contributed by atoms with van der Waals surface area (Å²) in [6, 6.07) is 30.6. The van der Waals surface area contributed by atoms with E-state index >= 15 is 0 Å². The van der Waals surface area contributed by atoms with Crippen LogP contribution in [0.3, 0.4) is 0 Å². The second-order valence-electron chi connectivity index (χ2n) is 8.70. The van der Waals surface area contributed by atoms with Crippen LogP contribution in [0.25, 0.3) is 49.0 Å². The van der Waals surface area contributed by atoms with Gasteiger partial charge in [-0.05, 0) is 53.6 Å². The number of para-hydroxylation sites is 1. The van der Waals surface area contributed by atoms with Gasteiger partial charge in [-0.15, -0.1) is 0 Å². The summed E-state index contributed by atoms with van der Waals surface area (Å²) in [5.74, 6) is 0.566. The van der Waals surface area contributed by atoms with Gasteiger partial charge in [0.15, 0.2) is 0 Å². The summed E-state index contributed by atoms with van der Waals surface area (Å²) in [5.41, 5.74) is 4.21. The second-order valence-corrected chi connectivity index (χ2v) is 10.5. The number of ether oxygens (including phenoxy) is 1. The molecule has 0 unspecified atom stereocenters. The van der Waals surface area contributed by atoms with Crippen LogP contribution in [0.15, 0.2) is 114 Å². The Morgan fingerprint density at radius 1 is 0.816 bits per heavy atom. The zero-order valence-corrected chi connectivity index (χ0v) is 21.2. The third kappa shape index (κ3) is 3.62. The maximum absolute atomic E-state index is 14.3. The zero-order chi connectivity index (χ0) is 26.3. The van der Waals surface area contributed by atoms with E-state index in [4.69, 9.17) is 11.3 Å². The molecule has 0 amide bonds. The average molecular weight is 516 g/mol. The molecule has 4 aromatic carbocycles. The van der Waals surface area contributed by atoms with Crippen molar-refractivity contribution >= 4 is 37.5 Å².